The lowest BCUT2D eigenvalue weighted by Crippen LogP contribution is -2.13. The van der Waals surface area contributed by atoms with Crippen LogP contribution in [0, 0.1) is 0 Å². The molecule has 0 spiro atoms. The summed E-state index contributed by atoms with van der Waals surface area (Å²) in [5.41, 5.74) is 1.69. The van der Waals surface area contributed by atoms with Crippen LogP contribution < -0.4 is 0 Å². The lowest BCUT2D eigenvalue weighted by atomic mass is 9.86. The van der Waals surface area contributed by atoms with Crippen LogP contribution in [-0.4, -0.2) is 13.1 Å². The van der Waals surface area contributed by atoms with Crippen molar-refractivity contribution in [1.29, 1.82) is 0 Å². The Bertz CT molecular complexity index is 378. The van der Waals surface area contributed by atoms with E-state index in [1.54, 1.807) is 6.07 Å². The number of carbonyl (C=O) groups excluding carboxylic acids is 1. The molecule has 82 valence electrons. The minimum atomic E-state index is -0.298. The van der Waals surface area contributed by atoms with Gasteiger partial charge < -0.3 is 4.74 Å². The molecule has 0 aromatic heterocycles. The Kier molecular flexibility index (Phi) is 3.55. The number of esters is 1. The summed E-state index contributed by atoms with van der Waals surface area (Å²) in [6, 6.07) is 5.51. The van der Waals surface area contributed by atoms with E-state index in [0.717, 1.165) is 10.0 Å². The van der Waals surface area contributed by atoms with Crippen LogP contribution >= 0.6 is 15.9 Å². The zero-order valence-electron chi connectivity index (χ0n) is 9.43. The van der Waals surface area contributed by atoms with Gasteiger partial charge in [-0.15, -0.1) is 0 Å². The maximum Gasteiger partial charge on any atom is 0.337 e. The molecule has 0 atom stereocenters. The van der Waals surface area contributed by atoms with Crippen LogP contribution in [0.2, 0.25) is 0 Å². The minimum Gasteiger partial charge on any atom is -0.465 e. The van der Waals surface area contributed by atoms with E-state index >= 15 is 0 Å². The van der Waals surface area contributed by atoms with E-state index in [1.807, 2.05) is 12.1 Å². The smallest absolute Gasteiger partial charge is 0.337 e. The average Bonchev–Trinajstić information content (AvgIpc) is 2.15. The van der Waals surface area contributed by atoms with Crippen molar-refractivity contribution < 1.29 is 9.53 Å². The fourth-order valence-electron chi connectivity index (χ4n) is 1.34. The third-order valence-electron chi connectivity index (χ3n) is 2.20. The molecule has 0 saturated heterocycles. The van der Waals surface area contributed by atoms with E-state index in [4.69, 9.17) is 0 Å². The van der Waals surface area contributed by atoms with E-state index < -0.39 is 0 Å². The van der Waals surface area contributed by atoms with E-state index in [2.05, 4.69) is 41.4 Å². The Morgan fingerprint density at radius 1 is 1.33 bits per heavy atom. The normalized spacial score (nSPS) is 11.3. The fourth-order valence-corrected chi connectivity index (χ4v) is 2.19. The molecule has 0 bridgehead atoms. The monoisotopic (exact) mass is 270 g/mol. The second-order valence-corrected chi connectivity index (χ2v) is 5.29. The molecule has 0 unspecified atom stereocenters. The third-order valence-corrected chi connectivity index (χ3v) is 2.89. The molecule has 0 aliphatic rings. The minimum absolute atomic E-state index is 0.00284. The second-order valence-electron chi connectivity index (χ2n) is 4.44. The van der Waals surface area contributed by atoms with Crippen molar-refractivity contribution in [3.63, 3.8) is 0 Å². The van der Waals surface area contributed by atoms with E-state index in [-0.39, 0.29) is 11.4 Å². The van der Waals surface area contributed by atoms with Crippen LogP contribution in [-0.2, 0) is 10.2 Å². The number of rotatable bonds is 1. The predicted molar refractivity (Wildman–Crippen MR) is 64.2 cm³/mol. The molecule has 2 nitrogen and oxygen atoms in total. The SMILES string of the molecule is COC(=O)c1ccc(Br)c(C(C)(C)C)c1. The molecular formula is C12H15BrO2. The highest BCUT2D eigenvalue weighted by Gasteiger charge is 2.19. The fraction of sp³-hybridized carbons (Fsp3) is 0.417. The van der Waals surface area contributed by atoms with Gasteiger partial charge in [-0.05, 0) is 29.2 Å². The Morgan fingerprint density at radius 2 is 1.93 bits per heavy atom. The molecule has 0 aliphatic heterocycles. The molecule has 1 aromatic carbocycles. The molecule has 0 heterocycles. The zero-order valence-corrected chi connectivity index (χ0v) is 11.0. The number of halogens is 1. The quantitative estimate of drug-likeness (QED) is 0.730. The second kappa shape index (κ2) is 4.35. The summed E-state index contributed by atoms with van der Waals surface area (Å²) in [4.78, 5) is 11.4. The summed E-state index contributed by atoms with van der Waals surface area (Å²) >= 11 is 3.49. The van der Waals surface area contributed by atoms with Crippen molar-refractivity contribution in [2.75, 3.05) is 7.11 Å². The maximum absolute atomic E-state index is 11.4. The molecule has 15 heavy (non-hydrogen) atoms. The highest BCUT2D eigenvalue weighted by atomic mass is 79.9. The van der Waals surface area contributed by atoms with Gasteiger partial charge in [0.25, 0.3) is 0 Å². The van der Waals surface area contributed by atoms with Crippen LogP contribution in [0.15, 0.2) is 22.7 Å². The molecule has 1 aromatic rings. The van der Waals surface area contributed by atoms with Crippen molar-refractivity contribution in [2.24, 2.45) is 0 Å². The van der Waals surface area contributed by atoms with Crippen molar-refractivity contribution >= 4 is 21.9 Å². The lowest BCUT2D eigenvalue weighted by Gasteiger charge is -2.21. The summed E-state index contributed by atoms with van der Waals surface area (Å²) in [5.74, 6) is -0.298. The van der Waals surface area contributed by atoms with Crippen molar-refractivity contribution in [2.45, 2.75) is 26.2 Å². The highest BCUT2D eigenvalue weighted by molar-refractivity contribution is 9.10. The van der Waals surface area contributed by atoms with Crippen LogP contribution in [0.25, 0.3) is 0 Å². The van der Waals surface area contributed by atoms with E-state index in [0.29, 0.717) is 5.56 Å². The molecule has 0 aliphatic carbocycles. The number of hydrogen-bond donors (Lipinski definition) is 0. The van der Waals surface area contributed by atoms with Gasteiger partial charge in [-0.25, -0.2) is 4.79 Å². The van der Waals surface area contributed by atoms with Gasteiger partial charge in [0.15, 0.2) is 0 Å². The first kappa shape index (κ1) is 12.2. The largest absolute Gasteiger partial charge is 0.465 e. The molecular weight excluding hydrogens is 256 g/mol. The van der Waals surface area contributed by atoms with Gasteiger partial charge in [0.05, 0.1) is 12.7 Å². The molecule has 1 rings (SSSR count). The number of benzene rings is 1. The standard InChI is InChI=1S/C12H15BrO2/c1-12(2,3)9-7-8(11(14)15-4)5-6-10(9)13/h5-7H,1-4H3. The zero-order chi connectivity index (χ0) is 11.6. The summed E-state index contributed by atoms with van der Waals surface area (Å²) < 4.78 is 5.71. The molecule has 3 heteroatoms. The Balaban J connectivity index is 3.23. The Hall–Kier alpha value is -0.830. The number of methoxy groups -OCH3 is 1. The molecule has 0 saturated carbocycles. The number of carbonyl (C=O) groups is 1. The third kappa shape index (κ3) is 2.81. The topological polar surface area (TPSA) is 26.3 Å². The van der Waals surface area contributed by atoms with Gasteiger partial charge in [-0.3, -0.25) is 0 Å². The van der Waals surface area contributed by atoms with Crippen LogP contribution in [0.3, 0.4) is 0 Å². The number of hydrogen-bond acceptors (Lipinski definition) is 2. The first-order chi connectivity index (χ1) is 6.86. The van der Waals surface area contributed by atoms with E-state index in [9.17, 15) is 4.79 Å². The van der Waals surface area contributed by atoms with Crippen LogP contribution in [0.5, 0.6) is 0 Å². The molecule has 0 amide bonds. The molecule has 0 fully saturated rings. The van der Waals surface area contributed by atoms with Crippen molar-refractivity contribution in [3.8, 4) is 0 Å². The van der Waals surface area contributed by atoms with Crippen LogP contribution in [0.1, 0.15) is 36.7 Å². The van der Waals surface area contributed by atoms with Crippen molar-refractivity contribution in [1.82, 2.24) is 0 Å². The predicted octanol–water partition coefficient (Wildman–Crippen LogP) is 3.53. The van der Waals surface area contributed by atoms with Gasteiger partial charge in [0.1, 0.15) is 0 Å². The first-order valence-electron chi connectivity index (χ1n) is 4.74. The summed E-state index contributed by atoms with van der Waals surface area (Å²) in [6.07, 6.45) is 0. The van der Waals surface area contributed by atoms with E-state index in [1.165, 1.54) is 7.11 Å². The summed E-state index contributed by atoms with van der Waals surface area (Å²) in [5, 5.41) is 0. The van der Waals surface area contributed by atoms with Crippen LogP contribution in [0.4, 0.5) is 0 Å². The highest BCUT2D eigenvalue weighted by Crippen LogP contribution is 2.30. The summed E-state index contributed by atoms with van der Waals surface area (Å²) in [6.45, 7) is 6.32. The lowest BCUT2D eigenvalue weighted by molar-refractivity contribution is 0.0600. The Labute approximate surface area is 98.8 Å². The van der Waals surface area contributed by atoms with Gasteiger partial charge >= 0.3 is 5.97 Å². The maximum atomic E-state index is 11.4. The Morgan fingerprint density at radius 3 is 2.40 bits per heavy atom. The summed E-state index contributed by atoms with van der Waals surface area (Å²) in [7, 11) is 1.39. The van der Waals surface area contributed by atoms with Crippen molar-refractivity contribution in [3.05, 3.63) is 33.8 Å². The first-order valence-corrected chi connectivity index (χ1v) is 5.54. The van der Waals surface area contributed by atoms with Gasteiger partial charge in [-0.2, -0.15) is 0 Å². The molecule has 0 N–H and O–H groups in total. The van der Waals surface area contributed by atoms with Gasteiger partial charge in [-0.1, -0.05) is 36.7 Å². The van der Waals surface area contributed by atoms with Gasteiger partial charge in [0.2, 0.25) is 0 Å². The molecule has 0 radical (unpaired) electrons. The average molecular weight is 271 g/mol. The van der Waals surface area contributed by atoms with Gasteiger partial charge in [0, 0.05) is 4.47 Å². The number of ether oxygens (including phenoxy) is 1.